The third-order valence-electron chi connectivity index (χ3n) is 6.70. The van der Waals surface area contributed by atoms with Gasteiger partial charge in [-0.2, -0.15) is 0 Å². The van der Waals surface area contributed by atoms with Crippen LogP contribution >= 0.6 is 11.6 Å². The van der Waals surface area contributed by atoms with Crippen LogP contribution in [0, 0.1) is 6.92 Å². The largest absolute Gasteiger partial charge is 0.353 e. The zero-order chi connectivity index (χ0) is 27.0. The van der Waals surface area contributed by atoms with Crippen molar-refractivity contribution in [3.63, 3.8) is 0 Å². The maximum atomic E-state index is 14.1. The van der Waals surface area contributed by atoms with E-state index < -0.39 is 21.9 Å². The second-order valence-electron chi connectivity index (χ2n) is 9.53. The fraction of sp³-hybridized carbons (Fsp3) is 0.250. The topological polar surface area (TPSA) is 99.2 Å². The highest BCUT2D eigenvalue weighted by Gasteiger charge is 2.44. The highest BCUT2D eigenvalue weighted by molar-refractivity contribution is 7.90. The number of aryl methyl sites for hydroxylation is 1. The zero-order valence-electron chi connectivity index (χ0n) is 21.0. The van der Waals surface area contributed by atoms with Gasteiger partial charge in [0.1, 0.15) is 18.4 Å². The Balaban J connectivity index is 1.68. The zero-order valence-corrected chi connectivity index (χ0v) is 22.5. The Morgan fingerprint density at radius 3 is 2.42 bits per heavy atom. The number of rotatable bonds is 4. The van der Waals surface area contributed by atoms with E-state index in [1.165, 1.54) is 4.90 Å². The summed E-state index contributed by atoms with van der Waals surface area (Å²) in [7, 11) is -3.38. The summed E-state index contributed by atoms with van der Waals surface area (Å²) in [6, 6.07) is 20.2. The van der Waals surface area contributed by atoms with Crippen LogP contribution in [0.15, 0.2) is 82.7 Å². The number of carbonyl (C=O) groups is 2. The Morgan fingerprint density at radius 1 is 1.03 bits per heavy atom. The lowest BCUT2D eigenvalue weighted by atomic mass is 9.93. The normalized spacial score (nSPS) is 19.8. The van der Waals surface area contributed by atoms with Crippen LogP contribution in [0.2, 0.25) is 5.02 Å². The molecule has 196 valence electrons. The number of carbonyl (C=O) groups excluding carboxylic acids is 2. The van der Waals surface area contributed by atoms with Crippen LogP contribution in [0.3, 0.4) is 0 Å². The van der Waals surface area contributed by atoms with Gasteiger partial charge in [-0.05, 0) is 42.3 Å². The molecule has 3 aromatic carbocycles. The van der Waals surface area contributed by atoms with Crippen molar-refractivity contribution in [2.45, 2.75) is 23.9 Å². The minimum Gasteiger partial charge on any atom is -0.353 e. The van der Waals surface area contributed by atoms with E-state index in [0.717, 1.165) is 22.9 Å². The van der Waals surface area contributed by atoms with Crippen molar-refractivity contribution in [2.24, 2.45) is 4.99 Å². The van der Waals surface area contributed by atoms with E-state index >= 15 is 0 Å². The van der Waals surface area contributed by atoms with Gasteiger partial charge in [0, 0.05) is 29.9 Å². The van der Waals surface area contributed by atoms with E-state index in [-0.39, 0.29) is 23.4 Å². The molecule has 3 aromatic rings. The van der Waals surface area contributed by atoms with Gasteiger partial charge in [-0.3, -0.25) is 14.7 Å². The summed E-state index contributed by atoms with van der Waals surface area (Å²) in [4.78, 5) is 34.7. The molecule has 1 saturated heterocycles. The SMILES string of the molecule is Cc1cccc(C2C(c3ccc(S(C)(=O)=O)cc3)N=C(c3cccc(Cl)c3)N2C(=O)N2CCNC(=O)C2)c1. The van der Waals surface area contributed by atoms with Crippen molar-refractivity contribution in [2.75, 3.05) is 25.9 Å². The number of hydrogen-bond acceptors (Lipinski definition) is 5. The van der Waals surface area contributed by atoms with Gasteiger partial charge >= 0.3 is 6.03 Å². The monoisotopic (exact) mass is 550 g/mol. The lowest BCUT2D eigenvalue weighted by Gasteiger charge is -2.35. The number of nitrogens with zero attached hydrogens (tertiary/aromatic N) is 3. The number of sulfone groups is 1. The molecule has 0 saturated carbocycles. The van der Waals surface area contributed by atoms with E-state index in [4.69, 9.17) is 16.6 Å². The summed E-state index contributed by atoms with van der Waals surface area (Å²) >= 11 is 6.33. The molecule has 0 radical (unpaired) electrons. The third-order valence-corrected chi connectivity index (χ3v) is 8.06. The predicted octanol–water partition coefficient (Wildman–Crippen LogP) is 4.15. The van der Waals surface area contributed by atoms with Crippen molar-refractivity contribution in [3.05, 3.63) is 100 Å². The molecular formula is C28H27ClN4O4S. The van der Waals surface area contributed by atoms with Gasteiger partial charge in [0.05, 0.1) is 10.9 Å². The number of nitrogens with one attached hydrogen (secondary N) is 1. The van der Waals surface area contributed by atoms with Crippen molar-refractivity contribution >= 4 is 39.2 Å². The molecule has 0 aliphatic carbocycles. The molecule has 8 nitrogen and oxygen atoms in total. The molecule has 1 N–H and O–H groups in total. The van der Waals surface area contributed by atoms with E-state index in [1.807, 2.05) is 37.3 Å². The quantitative estimate of drug-likeness (QED) is 0.527. The molecule has 5 rings (SSSR count). The van der Waals surface area contributed by atoms with Gasteiger partial charge in [-0.15, -0.1) is 0 Å². The first kappa shape index (κ1) is 25.9. The van der Waals surface area contributed by atoms with Crippen LogP contribution in [0.25, 0.3) is 0 Å². The summed E-state index contributed by atoms with van der Waals surface area (Å²) in [5.74, 6) is 0.220. The van der Waals surface area contributed by atoms with Gasteiger partial charge in [0.2, 0.25) is 5.91 Å². The summed E-state index contributed by atoms with van der Waals surface area (Å²) < 4.78 is 24.1. The van der Waals surface area contributed by atoms with Crippen LogP contribution in [0.5, 0.6) is 0 Å². The fourth-order valence-corrected chi connectivity index (χ4v) is 5.72. The summed E-state index contributed by atoms with van der Waals surface area (Å²) in [5.41, 5.74) is 3.32. The van der Waals surface area contributed by atoms with Gasteiger partial charge < -0.3 is 10.2 Å². The summed E-state index contributed by atoms with van der Waals surface area (Å²) in [6.07, 6.45) is 1.16. The summed E-state index contributed by atoms with van der Waals surface area (Å²) in [6.45, 7) is 2.67. The van der Waals surface area contributed by atoms with Crippen LogP contribution in [0.4, 0.5) is 4.79 Å². The molecule has 10 heteroatoms. The van der Waals surface area contributed by atoms with Crippen LogP contribution in [-0.2, 0) is 14.6 Å². The highest BCUT2D eigenvalue weighted by Crippen LogP contribution is 2.44. The van der Waals surface area contributed by atoms with Crippen molar-refractivity contribution in [3.8, 4) is 0 Å². The Kier molecular flexibility index (Phi) is 6.98. The van der Waals surface area contributed by atoms with Gasteiger partial charge in [-0.25, -0.2) is 13.2 Å². The molecule has 38 heavy (non-hydrogen) atoms. The maximum Gasteiger partial charge on any atom is 0.326 e. The number of hydrogen-bond donors (Lipinski definition) is 1. The highest BCUT2D eigenvalue weighted by atomic mass is 35.5. The third kappa shape index (κ3) is 5.16. The standard InChI is InChI=1S/C28H27ClN4O4S/c1-18-5-3-6-20(15-18)26-25(19-9-11-23(12-10-19)38(2,36)37)31-27(21-7-4-8-22(29)16-21)33(26)28(35)32-14-13-30-24(34)17-32/h3-12,15-16,25-26H,13-14,17H2,1-2H3,(H,30,34). The van der Waals surface area contributed by atoms with E-state index in [2.05, 4.69) is 5.32 Å². The second kappa shape index (κ2) is 10.2. The minimum atomic E-state index is -3.38. The first-order valence-corrected chi connectivity index (χ1v) is 14.4. The second-order valence-corrected chi connectivity index (χ2v) is 12.0. The van der Waals surface area contributed by atoms with E-state index in [1.54, 1.807) is 47.4 Å². The molecule has 2 aliphatic heterocycles. The first-order valence-electron chi connectivity index (χ1n) is 12.2. The first-order chi connectivity index (χ1) is 18.1. The van der Waals surface area contributed by atoms with Crippen LogP contribution in [-0.4, -0.2) is 61.9 Å². The molecule has 2 aliphatic rings. The molecular weight excluding hydrogens is 524 g/mol. The molecule has 1 fully saturated rings. The number of urea groups is 1. The molecule has 0 spiro atoms. The lowest BCUT2D eigenvalue weighted by molar-refractivity contribution is -0.123. The number of halogens is 1. The number of aliphatic imine (C=N–C) groups is 1. The van der Waals surface area contributed by atoms with Gasteiger partial charge in [0.25, 0.3) is 0 Å². The van der Waals surface area contributed by atoms with Crippen molar-refractivity contribution in [1.82, 2.24) is 15.1 Å². The number of piperazine rings is 1. The maximum absolute atomic E-state index is 14.1. The lowest BCUT2D eigenvalue weighted by Crippen LogP contribution is -2.55. The summed E-state index contributed by atoms with van der Waals surface area (Å²) in [5, 5.41) is 3.26. The average molecular weight is 551 g/mol. The smallest absolute Gasteiger partial charge is 0.326 e. The van der Waals surface area contributed by atoms with Crippen molar-refractivity contribution in [1.29, 1.82) is 0 Å². The Labute approximate surface area is 226 Å². The number of amidine groups is 1. The molecule has 0 aromatic heterocycles. The Hall–Kier alpha value is -3.69. The Morgan fingerprint density at radius 2 is 1.76 bits per heavy atom. The van der Waals surface area contributed by atoms with Crippen LogP contribution in [0.1, 0.15) is 34.3 Å². The molecule has 2 atom stereocenters. The number of amides is 3. The molecule has 2 unspecified atom stereocenters. The molecule has 3 amide bonds. The van der Waals surface area contributed by atoms with Gasteiger partial charge in [0.15, 0.2) is 9.84 Å². The van der Waals surface area contributed by atoms with Crippen LogP contribution < -0.4 is 5.32 Å². The minimum absolute atomic E-state index is 0.0492. The van der Waals surface area contributed by atoms with Crippen molar-refractivity contribution < 1.29 is 18.0 Å². The Bertz CT molecular complexity index is 1540. The predicted molar refractivity (Wildman–Crippen MR) is 146 cm³/mol. The van der Waals surface area contributed by atoms with E-state index in [0.29, 0.717) is 29.5 Å². The number of benzene rings is 3. The fourth-order valence-electron chi connectivity index (χ4n) is 4.90. The molecule has 2 heterocycles. The van der Waals surface area contributed by atoms with Gasteiger partial charge in [-0.1, -0.05) is 65.7 Å². The average Bonchev–Trinajstić information content (AvgIpc) is 3.28. The molecule has 0 bridgehead atoms. The van der Waals surface area contributed by atoms with E-state index in [9.17, 15) is 18.0 Å².